The first-order chi connectivity index (χ1) is 9.59. The first kappa shape index (κ1) is 14.4. The number of aromatic carboxylic acids is 1. The van der Waals surface area contributed by atoms with Crippen LogP contribution in [0.5, 0.6) is 5.75 Å². The number of rotatable bonds is 4. The number of amides is 1. The van der Waals surface area contributed by atoms with Crippen LogP contribution in [0.1, 0.15) is 35.2 Å². The molecule has 0 spiro atoms. The summed E-state index contributed by atoms with van der Waals surface area (Å²) in [7, 11) is 0. The Bertz CT molecular complexity index is 507. The lowest BCUT2D eigenvalue weighted by Crippen LogP contribution is -2.38. The fourth-order valence-corrected chi connectivity index (χ4v) is 2.38. The van der Waals surface area contributed by atoms with Crippen LogP contribution >= 0.6 is 0 Å². The number of likely N-dealkylation sites (tertiary alicyclic amines) is 1. The molecule has 0 unspecified atom stereocenters. The molecule has 5 nitrogen and oxygen atoms in total. The van der Waals surface area contributed by atoms with E-state index >= 15 is 0 Å². The molecule has 1 aromatic carbocycles. The predicted molar refractivity (Wildman–Crippen MR) is 74.1 cm³/mol. The van der Waals surface area contributed by atoms with Crippen LogP contribution in [0.3, 0.4) is 0 Å². The Morgan fingerprint density at radius 2 is 1.95 bits per heavy atom. The fraction of sp³-hybridized carbons (Fsp3) is 0.467. The van der Waals surface area contributed by atoms with E-state index in [1.165, 1.54) is 12.5 Å². The molecular formula is C15H19NO4. The third kappa shape index (κ3) is 3.29. The van der Waals surface area contributed by atoms with Crippen molar-refractivity contribution in [1.29, 1.82) is 0 Å². The number of ether oxygens (including phenoxy) is 1. The fourth-order valence-electron chi connectivity index (χ4n) is 2.38. The Balaban J connectivity index is 1.98. The number of carbonyl (C=O) groups excluding carboxylic acids is 1. The molecule has 0 radical (unpaired) electrons. The molecular weight excluding hydrogens is 258 g/mol. The van der Waals surface area contributed by atoms with Crippen molar-refractivity contribution in [2.75, 3.05) is 19.7 Å². The average molecular weight is 277 g/mol. The number of piperidine rings is 1. The molecule has 20 heavy (non-hydrogen) atoms. The van der Waals surface area contributed by atoms with Gasteiger partial charge in [0.1, 0.15) is 5.75 Å². The summed E-state index contributed by atoms with van der Waals surface area (Å²) >= 11 is 0. The largest absolute Gasteiger partial charge is 0.483 e. The lowest BCUT2D eigenvalue weighted by atomic mass is 10.1. The second-order valence-electron chi connectivity index (χ2n) is 4.96. The normalized spacial score (nSPS) is 14.9. The van der Waals surface area contributed by atoms with Crippen LogP contribution in [0, 0.1) is 6.92 Å². The van der Waals surface area contributed by atoms with E-state index in [4.69, 9.17) is 9.84 Å². The van der Waals surface area contributed by atoms with Crippen LogP contribution in [-0.2, 0) is 4.79 Å². The molecule has 1 N–H and O–H groups in total. The van der Waals surface area contributed by atoms with Gasteiger partial charge in [-0.05, 0) is 38.3 Å². The van der Waals surface area contributed by atoms with E-state index in [2.05, 4.69) is 0 Å². The highest BCUT2D eigenvalue weighted by atomic mass is 16.5. The van der Waals surface area contributed by atoms with Gasteiger partial charge in [-0.3, -0.25) is 4.79 Å². The summed E-state index contributed by atoms with van der Waals surface area (Å²) in [5, 5.41) is 9.04. The molecule has 5 heteroatoms. The van der Waals surface area contributed by atoms with Crippen molar-refractivity contribution in [3.8, 4) is 5.75 Å². The number of carboxylic acid groups (broad SMARTS) is 1. The van der Waals surface area contributed by atoms with E-state index in [1.54, 1.807) is 24.0 Å². The summed E-state index contributed by atoms with van der Waals surface area (Å²) in [4.78, 5) is 24.8. The molecule has 0 saturated carbocycles. The second-order valence-corrected chi connectivity index (χ2v) is 4.96. The molecule has 0 aromatic heterocycles. The maximum Gasteiger partial charge on any atom is 0.336 e. The Hall–Kier alpha value is -2.04. The van der Waals surface area contributed by atoms with Gasteiger partial charge in [-0.2, -0.15) is 0 Å². The highest BCUT2D eigenvalue weighted by Crippen LogP contribution is 2.21. The van der Waals surface area contributed by atoms with Gasteiger partial charge >= 0.3 is 5.97 Å². The van der Waals surface area contributed by atoms with Crippen LogP contribution in [0.25, 0.3) is 0 Å². The van der Waals surface area contributed by atoms with E-state index in [1.807, 2.05) is 0 Å². The van der Waals surface area contributed by atoms with E-state index < -0.39 is 5.97 Å². The van der Waals surface area contributed by atoms with Gasteiger partial charge in [-0.15, -0.1) is 0 Å². The monoisotopic (exact) mass is 277 g/mol. The predicted octanol–water partition coefficient (Wildman–Crippen LogP) is 2.08. The van der Waals surface area contributed by atoms with E-state index in [9.17, 15) is 9.59 Å². The molecule has 1 amide bonds. The number of hydrogen-bond acceptors (Lipinski definition) is 3. The van der Waals surface area contributed by atoms with Crippen molar-refractivity contribution in [2.45, 2.75) is 26.2 Å². The minimum absolute atomic E-state index is 0.0372. The second kappa shape index (κ2) is 6.41. The zero-order valence-corrected chi connectivity index (χ0v) is 11.6. The average Bonchev–Trinajstić information content (AvgIpc) is 2.46. The maximum atomic E-state index is 12.0. The number of nitrogens with zero attached hydrogens (tertiary/aromatic N) is 1. The SMILES string of the molecule is Cc1c(OCC(=O)N2CCCCC2)cccc1C(=O)O. The zero-order valence-electron chi connectivity index (χ0n) is 11.6. The number of benzene rings is 1. The first-order valence-corrected chi connectivity index (χ1v) is 6.83. The topological polar surface area (TPSA) is 66.8 Å². The van der Waals surface area contributed by atoms with Crippen LogP contribution in [0.15, 0.2) is 18.2 Å². The summed E-state index contributed by atoms with van der Waals surface area (Å²) < 4.78 is 5.49. The molecule has 0 aliphatic carbocycles. The summed E-state index contributed by atoms with van der Waals surface area (Å²) in [6.07, 6.45) is 3.25. The minimum atomic E-state index is -0.990. The third-order valence-electron chi connectivity index (χ3n) is 3.57. The van der Waals surface area contributed by atoms with Gasteiger partial charge in [0.15, 0.2) is 6.61 Å². The van der Waals surface area contributed by atoms with Gasteiger partial charge < -0.3 is 14.7 Å². The van der Waals surface area contributed by atoms with E-state index in [0.717, 1.165) is 25.9 Å². The molecule has 1 aromatic rings. The van der Waals surface area contributed by atoms with Crippen molar-refractivity contribution in [1.82, 2.24) is 4.90 Å². The van der Waals surface area contributed by atoms with Gasteiger partial charge in [0, 0.05) is 18.7 Å². The number of hydrogen-bond donors (Lipinski definition) is 1. The molecule has 1 aliphatic rings. The smallest absolute Gasteiger partial charge is 0.336 e. The van der Waals surface area contributed by atoms with Crippen molar-refractivity contribution < 1.29 is 19.4 Å². The van der Waals surface area contributed by atoms with Crippen molar-refractivity contribution in [3.63, 3.8) is 0 Å². The number of carbonyl (C=O) groups is 2. The Labute approximate surface area is 118 Å². The van der Waals surface area contributed by atoms with Crippen molar-refractivity contribution in [3.05, 3.63) is 29.3 Å². The van der Waals surface area contributed by atoms with Crippen LogP contribution in [-0.4, -0.2) is 41.6 Å². The lowest BCUT2D eigenvalue weighted by molar-refractivity contribution is -0.134. The summed E-state index contributed by atoms with van der Waals surface area (Å²) in [5.41, 5.74) is 0.749. The van der Waals surface area contributed by atoms with Gasteiger partial charge in [0.25, 0.3) is 5.91 Å². The highest BCUT2D eigenvalue weighted by molar-refractivity contribution is 5.90. The standard InChI is InChI=1S/C15H19NO4/c1-11-12(15(18)19)6-5-7-13(11)20-10-14(17)16-8-3-2-4-9-16/h5-7H,2-4,8-10H2,1H3,(H,18,19). The quantitative estimate of drug-likeness (QED) is 0.915. The van der Waals surface area contributed by atoms with Crippen molar-refractivity contribution >= 4 is 11.9 Å². The Kier molecular flexibility index (Phi) is 4.61. The van der Waals surface area contributed by atoms with Crippen LogP contribution in [0.4, 0.5) is 0 Å². The Morgan fingerprint density at radius 3 is 2.60 bits per heavy atom. The van der Waals surface area contributed by atoms with Gasteiger partial charge in [-0.1, -0.05) is 6.07 Å². The van der Waals surface area contributed by atoms with Crippen LogP contribution < -0.4 is 4.74 Å². The molecule has 1 heterocycles. The van der Waals surface area contributed by atoms with Crippen LogP contribution in [0.2, 0.25) is 0 Å². The van der Waals surface area contributed by atoms with Gasteiger partial charge in [-0.25, -0.2) is 4.79 Å². The van der Waals surface area contributed by atoms with Gasteiger partial charge in [0.05, 0.1) is 5.56 Å². The van der Waals surface area contributed by atoms with E-state index in [-0.39, 0.29) is 18.1 Å². The molecule has 1 saturated heterocycles. The summed E-state index contributed by atoms with van der Waals surface area (Å²) in [6.45, 7) is 3.22. The van der Waals surface area contributed by atoms with E-state index in [0.29, 0.717) is 11.3 Å². The minimum Gasteiger partial charge on any atom is -0.483 e. The molecule has 0 bridgehead atoms. The lowest BCUT2D eigenvalue weighted by Gasteiger charge is -2.26. The number of carboxylic acids is 1. The molecule has 1 fully saturated rings. The zero-order chi connectivity index (χ0) is 14.5. The maximum absolute atomic E-state index is 12.0. The summed E-state index contributed by atoms with van der Waals surface area (Å²) in [6, 6.07) is 4.83. The first-order valence-electron chi connectivity index (χ1n) is 6.83. The van der Waals surface area contributed by atoms with Gasteiger partial charge in [0.2, 0.25) is 0 Å². The third-order valence-corrected chi connectivity index (χ3v) is 3.57. The molecule has 0 atom stereocenters. The summed E-state index contributed by atoms with van der Waals surface area (Å²) in [5.74, 6) is -0.574. The van der Waals surface area contributed by atoms with Crippen molar-refractivity contribution in [2.24, 2.45) is 0 Å². The Morgan fingerprint density at radius 1 is 1.25 bits per heavy atom. The molecule has 1 aliphatic heterocycles. The molecule has 108 valence electrons. The highest BCUT2D eigenvalue weighted by Gasteiger charge is 2.18. The molecule has 2 rings (SSSR count).